The van der Waals surface area contributed by atoms with Crippen LogP contribution in [0.5, 0.6) is 0 Å². The molecule has 0 atom stereocenters. The van der Waals surface area contributed by atoms with E-state index in [0.29, 0.717) is 22.8 Å². The smallest absolute Gasteiger partial charge is 0.256 e. The molecule has 4 nitrogen and oxygen atoms in total. The summed E-state index contributed by atoms with van der Waals surface area (Å²) in [5.74, 6) is -0.242. The molecule has 0 aliphatic carbocycles. The van der Waals surface area contributed by atoms with Crippen LogP contribution in [-0.4, -0.2) is 35.6 Å². The standard InChI is InChI=1S/C12H15ClN2O2/c1-2-5-15(6-7-16)12(17)10-4-3-9(13)8-11(10)14/h2-4,8,16H,1,5-7,14H2. The number of hydrogen-bond acceptors (Lipinski definition) is 3. The van der Waals surface area contributed by atoms with Crippen molar-refractivity contribution in [3.05, 3.63) is 41.4 Å². The van der Waals surface area contributed by atoms with Gasteiger partial charge in [0.1, 0.15) is 0 Å². The molecule has 0 aliphatic heterocycles. The molecule has 0 heterocycles. The van der Waals surface area contributed by atoms with Crippen LogP contribution in [0.15, 0.2) is 30.9 Å². The summed E-state index contributed by atoms with van der Waals surface area (Å²) in [6, 6.07) is 4.71. The minimum atomic E-state index is -0.242. The summed E-state index contributed by atoms with van der Waals surface area (Å²) >= 11 is 5.76. The molecule has 1 amide bonds. The molecule has 5 heteroatoms. The van der Waals surface area contributed by atoms with Gasteiger partial charge in [-0.1, -0.05) is 17.7 Å². The number of hydrogen-bond donors (Lipinski definition) is 2. The Labute approximate surface area is 105 Å². The summed E-state index contributed by atoms with van der Waals surface area (Å²) in [6.45, 7) is 4.07. The lowest BCUT2D eigenvalue weighted by Gasteiger charge is -2.20. The summed E-state index contributed by atoms with van der Waals surface area (Å²) in [7, 11) is 0. The number of benzene rings is 1. The van der Waals surface area contributed by atoms with Crippen LogP contribution >= 0.6 is 11.6 Å². The fourth-order valence-corrected chi connectivity index (χ4v) is 1.63. The van der Waals surface area contributed by atoms with Crippen molar-refractivity contribution < 1.29 is 9.90 Å². The lowest BCUT2D eigenvalue weighted by Crippen LogP contribution is -2.34. The number of halogens is 1. The fourth-order valence-electron chi connectivity index (χ4n) is 1.45. The third-order valence-corrected chi connectivity index (χ3v) is 2.49. The Kier molecular flexibility index (Phi) is 5.00. The lowest BCUT2D eigenvalue weighted by molar-refractivity contribution is 0.0744. The van der Waals surface area contributed by atoms with Crippen molar-refractivity contribution in [2.24, 2.45) is 0 Å². The Morgan fingerprint density at radius 2 is 2.29 bits per heavy atom. The van der Waals surface area contributed by atoms with Crippen molar-refractivity contribution in [3.63, 3.8) is 0 Å². The number of carbonyl (C=O) groups excluding carboxylic acids is 1. The molecule has 1 rings (SSSR count). The molecule has 0 saturated heterocycles. The number of aliphatic hydroxyl groups excluding tert-OH is 1. The maximum absolute atomic E-state index is 12.1. The van der Waals surface area contributed by atoms with Crippen LogP contribution in [0, 0.1) is 0 Å². The maximum Gasteiger partial charge on any atom is 0.256 e. The topological polar surface area (TPSA) is 66.6 Å². The molecule has 0 unspecified atom stereocenters. The maximum atomic E-state index is 12.1. The van der Waals surface area contributed by atoms with Gasteiger partial charge >= 0.3 is 0 Å². The van der Waals surface area contributed by atoms with E-state index in [1.807, 2.05) is 0 Å². The summed E-state index contributed by atoms with van der Waals surface area (Å²) in [4.78, 5) is 13.6. The Hall–Kier alpha value is -1.52. The normalized spacial score (nSPS) is 10.0. The van der Waals surface area contributed by atoms with E-state index in [1.54, 1.807) is 18.2 Å². The first-order valence-electron chi connectivity index (χ1n) is 5.16. The minimum Gasteiger partial charge on any atom is -0.398 e. The van der Waals surface area contributed by atoms with Gasteiger partial charge in [-0.05, 0) is 18.2 Å². The van der Waals surface area contributed by atoms with E-state index in [2.05, 4.69) is 6.58 Å². The van der Waals surface area contributed by atoms with Crippen LogP contribution in [0.1, 0.15) is 10.4 Å². The van der Waals surface area contributed by atoms with Crippen molar-refractivity contribution in [1.82, 2.24) is 4.90 Å². The third kappa shape index (κ3) is 3.47. The molecular formula is C12H15ClN2O2. The molecule has 0 aliphatic rings. The number of rotatable bonds is 5. The van der Waals surface area contributed by atoms with Gasteiger partial charge in [0, 0.05) is 23.8 Å². The van der Waals surface area contributed by atoms with Crippen LogP contribution in [-0.2, 0) is 0 Å². The first-order valence-corrected chi connectivity index (χ1v) is 5.54. The van der Waals surface area contributed by atoms with E-state index in [1.165, 1.54) is 11.0 Å². The van der Waals surface area contributed by atoms with Gasteiger partial charge in [0.2, 0.25) is 0 Å². The minimum absolute atomic E-state index is 0.104. The van der Waals surface area contributed by atoms with Gasteiger partial charge in [-0.25, -0.2) is 0 Å². The lowest BCUT2D eigenvalue weighted by atomic mass is 10.1. The highest BCUT2D eigenvalue weighted by Crippen LogP contribution is 2.19. The fraction of sp³-hybridized carbons (Fsp3) is 0.250. The molecule has 17 heavy (non-hydrogen) atoms. The predicted molar refractivity (Wildman–Crippen MR) is 69.1 cm³/mol. The van der Waals surface area contributed by atoms with Crippen LogP contribution in [0.25, 0.3) is 0 Å². The van der Waals surface area contributed by atoms with E-state index in [9.17, 15) is 4.79 Å². The van der Waals surface area contributed by atoms with Crippen LogP contribution in [0.4, 0.5) is 5.69 Å². The first-order chi connectivity index (χ1) is 8.10. The largest absolute Gasteiger partial charge is 0.398 e. The van der Waals surface area contributed by atoms with Gasteiger partial charge in [0.05, 0.1) is 12.2 Å². The van der Waals surface area contributed by atoms with Crippen LogP contribution in [0.2, 0.25) is 5.02 Å². The zero-order chi connectivity index (χ0) is 12.8. The molecule has 0 radical (unpaired) electrons. The Morgan fingerprint density at radius 3 is 2.82 bits per heavy atom. The monoisotopic (exact) mass is 254 g/mol. The average molecular weight is 255 g/mol. The predicted octanol–water partition coefficient (Wildman–Crippen LogP) is 1.54. The van der Waals surface area contributed by atoms with Gasteiger partial charge in [0.25, 0.3) is 5.91 Å². The van der Waals surface area contributed by atoms with E-state index in [4.69, 9.17) is 22.4 Å². The second kappa shape index (κ2) is 6.27. The van der Waals surface area contributed by atoms with E-state index >= 15 is 0 Å². The van der Waals surface area contributed by atoms with E-state index in [0.717, 1.165) is 0 Å². The Balaban J connectivity index is 2.96. The third-order valence-electron chi connectivity index (χ3n) is 2.25. The SMILES string of the molecule is C=CCN(CCO)C(=O)c1ccc(Cl)cc1N. The summed E-state index contributed by atoms with van der Waals surface area (Å²) in [5.41, 5.74) is 6.44. The van der Waals surface area contributed by atoms with Gasteiger partial charge in [0.15, 0.2) is 0 Å². The number of nitrogen functional groups attached to an aromatic ring is 1. The van der Waals surface area contributed by atoms with Gasteiger partial charge in [-0.15, -0.1) is 6.58 Å². The molecule has 3 N–H and O–H groups in total. The van der Waals surface area contributed by atoms with Crippen molar-refractivity contribution in [2.75, 3.05) is 25.4 Å². The van der Waals surface area contributed by atoms with Gasteiger partial charge in [-0.2, -0.15) is 0 Å². The zero-order valence-electron chi connectivity index (χ0n) is 9.40. The first kappa shape index (κ1) is 13.5. The summed E-state index contributed by atoms with van der Waals surface area (Å²) < 4.78 is 0. The van der Waals surface area contributed by atoms with Crippen molar-refractivity contribution in [3.8, 4) is 0 Å². The second-order valence-electron chi connectivity index (χ2n) is 3.50. The molecule has 1 aromatic rings. The van der Waals surface area contributed by atoms with Crippen molar-refractivity contribution in [2.45, 2.75) is 0 Å². The summed E-state index contributed by atoms with van der Waals surface area (Å²) in [6.07, 6.45) is 1.60. The zero-order valence-corrected chi connectivity index (χ0v) is 10.2. The number of nitrogens with zero attached hydrogens (tertiary/aromatic N) is 1. The molecule has 0 spiro atoms. The highest BCUT2D eigenvalue weighted by molar-refractivity contribution is 6.31. The number of nitrogens with two attached hydrogens (primary N) is 1. The number of aliphatic hydroxyl groups is 1. The molecule has 92 valence electrons. The Bertz CT molecular complexity index is 421. The molecule has 0 bridgehead atoms. The highest BCUT2D eigenvalue weighted by atomic mass is 35.5. The van der Waals surface area contributed by atoms with E-state index < -0.39 is 0 Å². The van der Waals surface area contributed by atoms with Gasteiger partial charge in [-0.3, -0.25) is 4.79 Å². The molecule has 1 aromatic carbocycles. The van der Waals surface area contributed by atoms with Gasteiger partial charge < -0.3 is 15.7 Å². The highest BCUT2D eigenvalue weighted by Gasteiger charge is 2.16. The molecule has 0 saturated carbocycles. The van der Waals surface area contributed by atoms with Crippen LogP contribution in [0.3, 0.4) is 0 Å². The van der Waals surface area contributed by atoms with Crippen molar-refractivity contribution in [1.29, 1.82) is 0 Å². The van der Waals surface area contributed by atoms with Crippen molar-refractivity contribution >= 4 is 23.2 Å². The van der Waals surface area contributed by atoms with Crippen LogP contribution < -0.4 is 5.73 Å². The number of anilines is 1. The average Bonchev–Trinajstić information content (AvgIpc) is 2.28. The molecule has 0 aromatic heterocycles. The number of carbonyl (C=O) groups is 1. The number of amides is 1. The Morgan fingerprint density at radius 1 is 1.59 bits per heavy atom. The quantitative estimate of drug-likeness (QED) is 0.619. The van der Waals surface area contributed by atoms with E-state index in [-0.39, 0.29) is 19.1 Å². The summed E-state index contributed by atoms with van der Waals surface area (Å²) in [5, 5.41) is 9.37. The molecular weight excluding hydrogens is 240 g/mol. The second-order valence-corrected chi connectivity index (χ2v) is 3.93. The molecule has 0 fully saturated rings.